The van der Waals surface area contributed by atoms with Crippen LogP contribution < -0.4 is 5.32 Å². The Kier molecular flexibility index (Phi) is 8.58. The van der Waals surface area contributed by atoms with Gasteiger partial charge in [0.1, 0.15) is 11.3 Å². The van der Waals surface area contributed by atoms with Crippen molar-refractivity contribution in [3.05, 3.63) is 29.8 Å². The molecule has 8 nitrogen and oxygen atoms in total. The number of esters is 1. The topological polar surface area (TPSA) is 107 Å². The van der Waals surface area contributed by atoms with Crippen LogP contribution in [-0.2, 0) is 9.53 Å². The summed E-state index contributed by atoms with van der Waals surface area (Å²) in [4.78, 5) is 33.3. The Morgan fingerprint density at radius 1 is 1.24 bits per heavy atom. The highest BCUT2D eigenvalue weighted by Crippen LogP contribution is 2.32. The number of aromatic nitrogens is 3. The van der Waals surface area contributed by atoms with Gasteiger partial charge in [-0.05, 0) is 45.2 Å². The molecule has 33 heavy (non-hydrogen) atoms. The fraction of sp³-hybridized carbons (Fsp3) is 0.640. The summed E-state index contributed by atoms with van der Waals surface area (Å²) in [6.07, 6.45) is 11.3. The first kappa shape index (κ1) is 24.9. The summed E-state index contributed by atoms with van der Waals surface area (Å²) in [6, 6.07) is 3.25. The van der Waals surface area contributed by atoms with Gasteiger partial charge in [-0.2, -0.15) is 4.98 Å². The Bertz CT molecular complexity index is 928. The fourth-order valence-corrected chi connectivity index (χ4v) is 4.37. The predicted molar refractivity (Wildman–Crippen MR) is 125 cm³/mol. The summed E-state index contributed by atoms with van der Waals surface area (Å²) in [6.45, 7) is 5.58. The molecule has 0 bridgehead atoms. The molecule has 1 fully saturated rings. The van der Waals surface area contributed by atoms with Crippen molar-refractivity contribution in [3.8, 4) is 11.5 Å². The van der Waals surface area contributed by atoms with E-state index in [0.29, 0.717) is 23.0 Å². The number of ether oxygens (including phenoxy) is 1. The first-order valence-corrected chi connectivity index (χ1v) is 12.0. The SMILES string of the molecule is CNC(=O)c1ccnc(-c2noc([C@H](CCCC3CCCCC3)CC(=O)OC(C)(C)C)n2)c1. The molecule has 1 saturated carbocycles. The number of amides is 1. The molecule has 2 aromatic heterocycles. The summed E-state index contributed by atoms with van der Waals surface area (Å²) >= 11 is 0. The maximum Gasteiger partial charge on any atom is 0.307 e. The van der Waals surface area contributed by atoms with E-state index in [1.165, 1.54) is 38.3 Å². The Hall–Kier alpha value is -2.77. The summed E-state index contributed by atoms with van der Waals surface area (Å²) in [5.74, 6) is 0.782. The Balaban J connectivity index is 1.73. The number of hydrogen-bond acceptors (Lipinski definition) is 7. The molecule has 1 amide bonds. The third-order valence-electron chi connectivity index (χ3n) is 5.99. The smallest absolute Gasteiger partial charge is 0.307 e. The van der Waals surface area contributed by atoms with Gasteiger partial charge in [-0.15, -0.1) is 0 Å². The highest BCUT2D eigenvalue weighted by Gasteiger charge is 2.27. The minimum Gasteiger partial charge on any atom is -0.460 e. The van der Waals surface area contributed by atoms with Gasteiger partial charge in [0.15, 0.2) is 0 Å². The van der Waals surface area contributed by atoms with Gasteiger partial charge in [-0.25, -0.2) is 0 Å². The van der Waals surface area contributed by atoms with Crippen molar-refractivity contribution < 1.29 is 18.8 Å². The van der Waals surface area contributed by atoms with Crippen molar-refractivity contribution in [1.82, 2.24) is 20.4 Å². The van der Waals surface area contributed by atoms with Crippen LogP contribution in [0.2, 0.25) is 0 Å². The van der Waals surface area contributed by atoms with Gasteiger partial charge in [-0.1, -0.05) is 50.1 Å². The van der Waals surface area contributed by atoms with Gasteiger partial charge in [0.05, 0.1) is 6.42 Å². The molecule has 2 aromatic rings. The molecular weight excluding hydrogens is 420 g/mol. The largest absolute Gasteiger partial charge is 0.460 e. The molecule has 1 N–H and O–H groups in total. The van der Waals surface area contributed by atoms with Crippen molar-refractivity contribution in [2.24, 2.45) is 5.92 Å². The first-order valence-electron chi connectivity index (χ1n) is 12.0. The molecule has 8 heteroatoms. The van der Waals surface area contributed by atoms with E-state index in [4.69, 9.17) is 9.26 Å². The van der Waals surface area contributed by atoms with Crippen molar-refractivity contribution >= 4 is 11.9 Å². The van der Waals surface area contributed by atoms with Gasteiger partial charge in [0, 0.05) is 24.7 Å². The van der Waals surface area contributed by atoms with Crippen LogP contribution in [0.15, 0.2) is 22.9 Å². The van der Waals surface area contributed by atoms with Crippen LogP contribution in [0.3, 0.4) is 0 Å². The third-order valence-corrected chi connectivity index (χ3v) is 5.99. The molecule has 1 aliphatic carbocycles. The van der Waals surface area contributed by atoms with Gasteiger partial charge < -0.3 is 14.6 Å². The van der Waals surface area contributed by atoms with E-state index in [1.807, 2.05) is 20.8 Å². The lowest BCUT2D eigenvalue weighted by atomic mass is 9.84. The molecule has 0 radical (unpaired) electrons. The summed E-state index contributed by atoms with van der Waals surface area (Å²) in [5, 5.41) is 6.67. The van der Waals surface area contributed by atoms with Gasteiger partial charge >= 0.3 is 5.97 Å². The van der Waals surface area contributed by atoms with E-state index < -0.39 is 5.60 Å². The van der Waals surface area contributed by atoms with Crippen LogP contribution in [0, 0.1) is 5.92 Å². The Labute approximate surface area is 195 Å². The zero-order valence-corrected chi connectivity index (χ0v) is 20.2. The van der Waals surface area contributed by atoms with Crippen molar-refractivity contribution in [2.75, 3.05) is 7.05 Å². The third kappa shape index (κ3) is 7.65. The first-order chi connectivity index (χ1) is 15.7. The molecule has 1 atom stereocenters. The van der Waals surface area contributed by atoms with Crippen LogP contribution in [0.5, 0.6) is 0 Å². The number of hydrogen-bond donors (Lipinski definition) is 1. The lowest BCUT2D eigenvalue weighted by Gasteiger charge is -2.23. The standard InChI is InChI=1S/C25H36N4O4/c1-25(2,3)32-21(30)16-19(12-8-11-17-9-6-5-7-10-17)24-28-22(29-33-24)20-15-18(13-14-27-20)23(31)26-4/h13-15,17,19H,5-12,16H2,1-4H3,(H,26,31)/t19-/m1/s1. The molecule has 0 spiro atoms. The van der Waals surface area contributed by atoms with E-state index in [2.05, 4.69) is 20.4 Å². The molecular formula is C25H36N4O4. The van der Waals surface area contributed by atoms with Crippen LogP contribution in [0.4, 0.5) is 0 Å². The lowest BCUT2D eigenvalue weighted by Crippen LogP contribution is -2.25. The minimum atomic E-state index is -0.548. The van der Waals surface area contributed by atoms with E-state index in [-0.39, 0.29) is 24.2 Å². The highest BCUT2D eigenvalue weighted by molar-refractivity contribution is 5.94. The van der Waals surface area contributed by atoms with Crippen molar-refractivity contribution in [1.29, 1.82) is 0 Å². The molecule has 0 aromatic carbocycles. The van der Waals surface area contributed by atoms with Gasteiger partial charge in [-0.3, -0.25) is 14.6 Å². The maximum atomic E-state index is 12.6. The van der Waals surface area contributed by atoms with Crippen molar-refractivity contribution in [3.63, 3.8) is 0 Å². The van der Waals surface area contributed by atoms with E-state index in [1.54, 1.807) is 19.2 Å². The molecule has 2 heterocycles. The number of nitrogens with zero attached hydrogens (tertiary/aromatic N) is 3. The van der Waals surface area contributed by atoms with Crippen LogP contribution in [-0.4, -0.2) is 39.6 Å². The molecule has 0 unspecified atom stereocenters. The quantitative estimate of drug-likeness (QED) is 0.526. The zero-order valence-electron chi connectivity index (χ0n) is 20.2. The molecule has 0 saturated heterocycles. The second-order valence-corrected chi connectivity index (χ2v) is 9.89. The Morgan fingerprint density at radius 2 is 2.00 bits per heavy atom. The van der Waals surface area contributed by atoms with E-state index in [0.717, 1.165) is 25.2 Å². The highest BCUT2D eigenvalue weighted by atomic mass is 16.6. The average Bonchev–Trinajstić information content (AvgIpc) is 3.28. The molecule has 180 valence electrons. The number of carbonyl (C=O) groups is 2. The fourth-order valence-electron chi connectivity index (χ4n) is 4.37. The average molecular weight is 457 g/mol. The summed E-state index contributed by atoms with van der Waals surface area (Å²) in [5.41, 5.74) is 0.365. The summed E-state index contributed by atoms with van der Waals surface area (Å²) < 4.78 is 11.1. The molecule has 1 aliphatic rings. The second-order valence-electron chi connectivity index (χ2n) is 9.89. The van der Waals surface area contributed by atoms with E-state index >= 15 is 0 Å². The molecule has 3 rings (SSSR count). The van der Waals surface area contributed by atoms with Crippen LogP contribution >= 0.6 is 0 Å². The maximum absolute atomic E-state index is 12.6. The van der Waals surface area contributed by atoms with Crippen LogP contribution in [0.1, 0.15) is 101 Å². The number of rotatable bonds is 9. The Morgan fingerprint density at radius 3 is 2.70 bits per heavy atom. The number of carbonyl (C=O) groups excluding carboxylic acids is 2. The molecule has 0 aliphatic heterocycles. The second kappa shape index (κ2) is 11.4. The number of nitrogens with one attached hydrogen (secondary N) is 1. The van der Waals surface area contributed by atoms with Gasteiger partial charge in [0.25, 0.3) is 5.91 Å². The minimum absolute atomic E-state index is 0.190. The monoisotopic (exact) mass is 456 g/mol. The predicted octanol–water partition coefficient (Wildman–Crippen LogP) is 5.06. The van der Waals surface area contributed by atoms with Crippen molar-refractivity contribution in [2.45, 2.75) is 90.1 Å². The normalized spacial score (nSPS) is 15.8. The van der Waals surface area contributed by atoms with Crippen LogP contribution in [0.25, 0.3) is 11.5 Å². The number of pyridine rings is 1. The van der Waals surface area contributed by atoms with Gasteiger partial charge in [0.2, 0.25) is 11.7 Å². The van der Waals surface area contributed by atoms with E-state index in [9.17, 15) is 9.59 Å². The summed E-state index contributed by atoms with van der Waals surface area (Å²) in [7, 11) is 1.57. The zero-order chi connectivity index (χ0) is 23.8. The lowest BCUT2D eigenvalue weighted by molar-refractivity contribution is -0.155.